The van der Waals surface area contributed by atoms with Crippen molar-refractivity contribution in [2.24, 2.45) is 0 Å². The highest BCUT2D eigenvalue weighted by molar-refractivity contribution is 5.92. The molecule has 1 amide bonds. The third-order valence-electron chi connectivity index (χ3n) is 2.72. The summed E-state index contributed by atoms with van der Waals surface area (Å²) < 4.78 is 1.82. The number of aliphatic hydroxyl groups is 1. The summed E-state index contributed by atoms with van der Waals surface area (Å²) in [6.07, 6.45) is 5.92. The van der Waals surface area contributed by atoms with Gasteiger partial charge in [0.1, 0.15) is 12.3 Å². The molecule has 0 unspecified atom stereocenters. The van der Waals surface area contributed by atoms with Crippen molar-refractivity contribution in [2.45, 2.75) is 13.0 Å². The first-order valence-electron chi connectivity index (χ1n) is 6.61. The summed E-state index contributed by atoms with van der Waals surface area (Å²) in [6, 6.07) is 5.18. The minimum absolute atomic E-state index is 0.196. The number of aromatic nitrogens is 3. The summed E-state index contributed by atoms with van der Waals surface area (Å²) in [5.41, 5.74) is 1.02. The van der Waals surface area contributed by atoms with Crippen LogP contribution in [-0.2, 0) is 6.54 Å². The van der Waals surface area contributed by atoms with E-state index in [0.717, 1.165) is 13.0 Å². The topological polar surface area (TPSA) is 80.0 Å². The van der Waals surface area contributed by atoms with Crippen LogP contribution in [0.1, 0.15) is 22.5 Å². The minimum Gasteiger partial charge on any atom is -0.384 e. The van der Waals surface area contributed by atoms with Crippen molar-refractivity contribution in [3.05, 3.63) is 48.0 Å². The Balaban J connectivity index is 1.77. The maximum atomic E-state index is 11.9. The van der Waals surface area contributed by atoms with Gasteiger partial charge in [-0.25, -0.2) is 4.98 Å². The van der Waals surface area contributed by atoms with E-state index in [0.29, 0.717) is 17.8 Å². The van der Waals surface area contributed by atoms with Crippen molar-refractivity contribution < 1.29 is 9.90 Å². The van der Waals surface area contributed by atoms with Gasteiger partial charge in [-0.3, -0.25) is 9.48 Å². The molecule has 21 heavy (non-hydrogen) atoms. The predicted octanol–water partition coefficient (Wildman–Crippen LogP) is 0.442. The molecule has 2 aromatic rings. The normalized spacial score (nSPS) is 9.76. The first-order chi connectivity index (χ1) is 10.3. The lowest BCUT2D eigenvalue weighted by molar-refractivity contribution is 0.0947. The van der Waals surface area contributed by atoms with Gasteiger partial charge in [0.05, 0.1) is 0 Å². The maximum absolute atomic E-state index is 11.9. The molecule has 0 spiro atoms. The van der Waals surface area contributed by atoms with Gasteiger partial charge in [-0.1, -0.05) is 11.8 Å². The fraction of sp³-hybridized carbons (Fsp3) is 0.267. The quantitative estimate of drug-likeness (QED) is 0.617. The Labute approximate surface area is 122 Å². The maximum Gasteiger partial charge on any atom is 0.269 e. The third kappa shape index (κ3) is 4.75. The van der Waals surface area contributed by atoms with E-state index in [-0.39, 0.29) is 12.5 Å². The van der Waals surface area contributed by atoms with Crippen LogP contribution < -0.4 is 5.32 Å². The van der Waals surface area contributed by atoms with Crippen LogP contribution in [0.25, 0.3) is 0 Å². The van der Waals surface area contributed by atoms with Crippen molar-refractivity contribution in [2.75, 3.05) is 13.2 Å². The number of aliphatic hydroxyl groups excluding tert-OH is 1. The van der Waals surface area contributed by atoms with E-state index in [1.54, 1.807) is 18.3 Å². The second-order valence-corrected chi connectivity index (χ2v) is 4.27. The molecule has 0 aliphatic carbocycles. The summed E-state index contributed by atoms with van der Waals surface area (Å²) in [4.78, 5) is 15.9. The number of aryl methyl sites for hydroxylation is 1. The van der Waals surface area contributed by atoms with Crippen LogP contribution in [0.4, 0.5) is 0 Å². The van der Waals surface area contributed by atoms with Crippen LogP contribution in [0.3, 0.4) is 0 Å². The van der Waals surface area contributed by atoms with Crippen LogP contribution in [-0.4, -0.2) is 38.9 Å². The van der Waals surface area contributed by atoms with Gasteiger partial charge >= 0.3 is 0 Å². The zero-order chi connectivity index (χ0) is 14.9. The average molecular weight is 284 g/mol. The Morgan fingerprint density at radius 3 is 3.00 bits per heavy atom. The molecule has 0 radical (unpaired) electrons. The van der Waals surface area contributed by atoms with Crippen LogP contribution in [0.15, 0.2) is 36.8 Å². The van der Waals surface area contributed by atoms with Gasteiger partial charge in [-0.15, -0.1) is 0 Å². The Hall–Kier alpha value is -2.65. The lowest BCUT2D eigenvalue weighted by atomic mass is 10.2. The molecule has 2 N–H and O–H groups in total. The van der Waals surface area contributed by atoms with Crippen molar-refractivity contribution in [1.82, 2.24) is 20.1 Å². The molecule has 0 aliphatic heterocycles. The van der Waals surface area contributed by atoms with Crippen molar-refractivity contribution >= 4 is 5.91 Å². The lowest BCUT2D eigenvalue weighted by Gasteiger charge is -2.05. The highest BCUT2D eigenvalue weighted by atomic mass is 16.2. The largest absolute Gasteiger partial charge is 0.384 e. The SMILES string of the molecule is O=C(NCCCn1cccn1)c1ccc(C#CCO)cn1. The van der Waals surface area contributed by atoms with E-state index < -0.39 is 0 Å². The fourth-order valence-corrected chi connectivity index (χ4v) is 1.71. The third-order valence-corrected chi connectivity index (χ3v) is 2.72. The molecule has 6 nitrogen and oxygen atoms in total. The van der Waals surface area contributed by atoms with E-state index >= 15 is 0 Å². The summed E-state index contributed by atoms with van der Waals surface area (Å²) in [6.45, 7) is 1.13. The number of nitrogens with one attached hydrogen (secondary N) is 1. The lowest BCUT2D eigenvalue weighted by Crippen LogP contribution is -2.26. The van der Waals surface area contributed by atoms with Gasteiger partial charge in [0, 0.05) is 37.2 Å². The van der Waals surface area contributed by atoms with Crippen molar-refractivity contribution in [3.63, 3.8) is 0 Å². The van der Waals surface area contributed by atoms with E-state index in [2.05, 4.69) is 27.2 Å². The Kier molecular flexibility index (Phi) is 5.50. The van der Waals surface area contributed by atoms with Crippen LogP contribution in [0.2, 0.25) is 0 Å². The zero-order valence-electron chi connectivity index (χ0n) is 11.5. The summed E-state index contributed by atoms with van der Waals surface area (Å²) in [7, 11) is 0. The minimum atomic E-state index is -0.211. The molecule has 0 saturated carbocycles. The van der Waals surface area contributed by atoms with Crippen LogP contribution in [0.5, 0.6) is 0 Å². The number of hydrogen-bond acceptors (Lipinski definition) is 4. The molecule has 2 heterocycles. The molecular formula is C15H16N4O2. The first-order valence-corrected chi connectivity index (χ1v) is 6.61. The van der Waals surface area contributed by atoms with Gasteiger partial charge in [0.2, 0.25) is 0 Å². The Morgan fingerprint density at radius 2 is 2.33 bits per heavy atom. The standard InChI is InChI=1S/C15H16N4O2/c20-11-1-4-13-5-6-14(17-12-13)15(21)16-7-2-9-19-10-3-8-18-19/h3,5-6,8,10,12,20H,2,7,9,11H2,(H,16,21). The van der Waals surface area contributed by atoms with Crippen molar-refractivity contribution in [3.8, 4) is 11.8 Å². The Bertz CT molecular complexity index is 624. The van der Waals surface area contributed by atoms with E-state index in [4.69, 9.17) is 5.11 Å². The number of hydrogen-bond donors (Lipinski definition) is 2. The van der Waals surface area contributed by atoms with Gasteiger partial charge in [0.25, 0.3) is 5.91 Å². The summed E-state index contributed by atoms with van der Waals surface area (Å²) >= 11 is 0. The molecule has 0 aliphatic rings. The van der Waals surface area contributed by atoms with Crippen LogP contribution >= 0.6 is 0 Å². The molecule has 2 rings (SSSR count). The second-order valence-electron chi connectivity index (χ2n) is 4.27. The second kappa shape index (κ2) is 7.82. The van der Waals surface area contributed by atoms with Gasteiger partial charge < -0.3 is 10.4 Å². The molecule has 0 atom stereocenters. The molecule has 0 bridgehead atoms. The monoisotopic (exact) mass is 284 g/mol. The fourth-order valence-electron chi connectivity index (χ4n) is 1.71. The number of pyridine rings is 1. The highest BCUT2D eigenvalue weighted by Gasteiger charge is 2.05. The Morgan fingerprint density at radius 1 is 1.43 bits per heavy atom. The average Bonchev–Trinajstić information content (AvgIpc) is 3.03. The zero-order valence-corrected chi connectivity index (χ0v) is 11.5. The number of nitrogens with zero attached hydrogens (tertiary/aromatic N) is 3. The van der Waals surface area contributed by atoms with Gasteiger partial charge in [0.15, 0.2) is 0 Å². The first kappa shape index (κ1) is 14.8. The summed E-state index contributed by atoms with van der Waals surface area (Å²) in [5, 5.41) is 15.5. The molecule has 0 fully saturated rings. The molecule has 6 heteroatoms. The number of amides is 1. The highest BCUT2D eigenvalue weighted by Crippen LogP contribution is 1.99. The van der Waals surface area contributed by atoms with E-state index in [1.807, 2.05) is 16.9 Å². The van der Waals surface area contributed by atoms with E-state index in [1.165, 1.54) is 6.20 Å². The summed E-state index contributed by atoms with van der Waals surface area (Å²) in [5.74, 6) is 5.04. The number of carbonyl (C=O) groups is 1. The predicted molar refractivity (Wildman–Crippen MR) is 77.4 cm³/mol. The molecule has 0 saturated heterocycles. The smallest absolute Gasteiger partial charge is 0.269 e. The molecule has 0 aromatic carbocycles. The van der Waals surface area contributed by atoms with Gasteiger partial charge in [-0.2, -0.15) is 5.10 Å². The van der Waals surface area contributed by atoms with Gasteiger partial charge in [-0.05, 0) is 24.6 Å². The molecule has 2 aromatic heterocycles. The molecule has 108 valence electrons. The number of rotatable bonds is 5. The van der Waals surface area contributed by atoms with Crippen molar-refractivity contribution in [1.29, 1.82) is 0 Å². The van der Waals surface area contributed by atoms with Crippen LogP contribution in [0, 0.1) is 11.8 Å². The number of carbonyl (C=O) groups excluding carboxylic acids is 1. The molecular weight excluding hydrogens is 268 g/mol. The van der Waals surface area contributed by atoms with E-state index in [9.17, 15) is 4.79 Å².